The molecule has 0 atom stereocenters. The van der Waals surface area contributed by atoms with Crippen LogP contribution in [0, 0.1) is 0 Å². The molecule has 0 aliphatic heterocycles. The van der Waals surface area contributed by atoms with E-state index < -0.39 is 0 Å². The van der Waals surface area contributed by atoms with E-state index in [1.807, 2.05) is 13.8 Å². The molecule has 0 bridgehead atoms. The van der Waals surface area contributed by atoms with E-state index in [0.29, 0.717) is 19.8 Å². The third-order valence-corrected chi connectivity index (χ3v) is 1.05. The van der Waals surface area contributed by atoms with Crippen LogP contribution in [-0.2, 0) is 14.3 Å². The number of amides is 1. The van der Waals surface area contributed by atoms with Gasteiger partial charge in [0.1, 0.15) is 0 Å². The zero-order valence-electron chi connectivity index (χ0n) is 6.92. The number of hydrogen-bond donors (Lipinski definition) is 1. The predicted octanol–water partition coefficient (Wildman–Crippen LogP) is 0.0423. The van der Waals surface area contributed by atoms with Crippen LogP contribution in [0.2, 0.25) is 0 Å². The molecule has 0 aliphatic carbocycles. The van der Waals surface area contributed by atoms with Crippen molar-refractivity contribution in [1.82, 2.24) is 5.32 Å². The van der Waals surface area contributed by atoms with Gasteiger partial charge in [0, 0.05) is 13.2 Å². The van der Waals surface area contributed by atoms with E-state index in [9.17, 15) is 4.79 Å². The molecular formula is C7H14NO3. The second-order valence-electron chi connectivity index (χ2n) is 1.82. The van der Waals surface area contributed by atoms with Crippen LogP contribution in [0.4, 0.5) is 0 Å². The number of nitrogens with one attached hydrogen (secondary N) is 1. The maximum atomic E-state index is 9.77. The highest BCUT2D eigenvalue weighted by atomic mass is 16.7. The first-order chi connectivity index (χ1) is 5.35. The maximum absolute atomic E-state index is 9.77. The van der Waals surface area contributed by atoms with Gasteiger partial charge in [-0.15, -0.1) is 0 Å². The molecule has 11 heavy (non-hydrogen) atoms. The Morgan fingerprint density at radius 2 is 1.91 bits per heavy atom. The lowest BCUT2D eigenvalue weighted by Gasteiger charge is -2.15. The van der Waals surface area contributed by atoms with Gasteiger partial charge in [-0.1, -0.05) is 0 Å². The normalized spacial score (nSPS) is 10.1. The topological polar surface area (TPSA) is 47.6 Å². The van der Waals surface area contributed by atoms with E-state index in [4.69, 9.17) is 9.47 Å². The van der Waals surface area contributed by atoms with Gasteiger partial charge in [0.15, 0.2) is 6.29 Å². The zero-order valence-corrected chi connectivity index (χ0v) is 6.92. The molecular weight excluding hydrogens is 146 g/mol. The summed E-state index contributed by atoms with van der Waals surface area (Å²) in [5.74, 6) is 0. The molecule has 0 unspecified atom stereocenters. The molecule has 65 valence electrons. The van der Waals surface area contributed by atoms with E-state index in [1.54, 1.807) is 6.41 Å². The van der Waals surface area contributed by atoms with Crippen LogP contribution >= 0.6 is 0 Å². The van der Waals surface area contributed by atoms with Gasteiger partial charge < -0.3 is 14.8 Å². The molecule has 4 nitrogen and oxygen atoms in total. The Kier molecular flexibility index (Phi) is 7.08. The highest BCUT2D eigenvalue weighted by Crippen LogP contribution is 1.91. The predicted molar refractivity (Wildman–Crippen MR) is 40.7 cm³/mol. The highest BCUT2D eigenvalue weighted by molar-refractivity contribution is 5.46. The molecule has 0 saturated heterocycles. The average Bonchev–Trinajstić information content (AvgIpc) is 2.01. The standard InChI is InChI=1S/C7H14NO3/c1-3-10-7(11-4-2)5-8-6-9/h7H,3-5H2,1-2H3,(H,8,9). The SMILES string of the molecule is CCOC(CN[C]=O)OCC. The van der Waals surface area contributed by atoms with Crippen molar-refractivity contribution in [2.24, 2.45) is 0 Å². The van der Waals surface area contributed by atoms with Crippen molar-refractivity contribution >= 4 is 6.41 Å². The van der Waals surface area contributed by atoms with E-state index in [0.717, 1.165) is 0 Å². The fourth-order valence-electron chi connectivity index (χ4n) is 0.663. The summed E-state index contributed by atoms with van der Waals surface area (Å²) in [5.41, 5.74) is 0. The molecule has 0 heterocycles. The van der Waals surface area contributed by atoms with Crippen molar-refractivity contribution in [3.8, 4) is 0 Å². The van der Waals surface area contributed by atoms with Crippen LogP contribution < -0.4 is 5.32 Å². The van der Waals surface area contributed by atoms with Crippen molar-refractivity contribution in [2.45, 2.75) is 20.1 Å². The van der Waals surface area contributed by atoms with Gasteiger partial charge in [0.25, 0.3) is 0 Å². The molecule has 0 spiro atoms. The van der Waals surface area contributed by atoms with Crippen molar-refractivity contribution in [3.05, 3.63) is 0 Å². The van der Waals surface area contributed by atoms with Crippen LogP contribution in [-0.4, -0.2) is 32.5 Å². The molecule has 0 fully saturated rings. The smallest absolute Gasteiger partial charge is 0.309 e. The fourth-order valence-corrected chi connectivity index (χ4v) is 0.663. The van der Waals surface area contributed by atoms with Crippen LogP contribution in [0.15, 0.2) is 0 Å². The molecule has 1 N–H and O–H groups in total. The highest BCUT2D eigenvalue weighted by Gasteiger charge is 2.05. The Hall–Kier alpha value is -0.610. The third kappa shape index (κ3) is 5.82. The van der Waals surface area contributed by atoms with Gasteiger partial charge in [-0.3, -0.25) is 4.79 Å². The lowest BCUT2D eigenvalue weighted by atomic mass is 10.6. The summed E-state index contributed by atoms with van der Waals surface area (Å²) in [6, 6.07) is 0. The lowest BCUT2D eigenvalue weighted by molar-refractivity contribution is -0.131. The molecule has 0 aromatic heterocycles. The number of ether oxygens (including phenoxy) is 2. The second kappa shape index (κ2) is 7.50. The summed E-state index contributed by atoms with van der Waals surface area (Å²) in [5, 5.41) is 2.36. The second-order valence-corrected chi connectivity index (χ2v) is 1.82. The third-order valence-electron chi connectivity index (χ3n) is 1.05. The molecule has 1 amide bonds. The minimum atomic E-state index is -0.341. The molecule has 1 radical (unpaired) electrons. The molecule has 0 aromatic rings. The van der Waals surface area contributed by atoms with E-state index >= 15 is 0 Å². The molecule has 4 heteroatoms. The van der Waals surface area contributed by atoms with Crippen molar-refractivity contribution in [2.75, 3.05) is 19.8 Å². The lowest BCUT2D eigenvalue weighted by Crippen LogP contribution is -2.30. The Morgan fingerprint density at radius 3 is 2.27 bits per heavy atom. The zero-order chi connectivity index (χ0) is 8.53. The number of hydrogen-bond acceptors (Lipinski definition) is 3. The summed E-state index contributed by atoms with van der Waals surface area (Å²) in [4.78, 5) is 9.77. The van der Waals surface area contributed by atoms with E-state index in [2.05, 4.69) is 5.32 Å². The van der Waals surface area contributed by atoms with E-state index in [1.165, 1.54) is 0 Å². The van der Waals surface area contributed by atoms with Crippen LogP contribution in [0.25, 0.3) is 0 Å². The summed E-state index contributed by atoms with van der Waals surface area (Å²) >= 11 is 0. The van der Waals surface area contributed by atoms with Crippen molar-refractivity contribution in [1.29, 1.82) is 0 Å². The van der Waals surface area contributed by atoms with Crippen LogP contribution in [0.3, 0.4) is 0 Å². The largest absolute Gasteiger partial charge is 0.351 e. The van der Waals surface area contributed by atoms with Crippen molar-refractivity contribution in [3.63, 3.8) is 0 Å². The summed E-state index contributed by atoms with van der Waals surface area (Å²) < 4.78 is 10.2. The van der Waals surface area contributed by atoms with Gasteiger partial charge in [-0.25, -0.2) is 0 Å². The first kappa shape index (κ1) is 10.4. The molecule has 0 saturated carbocycles. The Balaban J connectivity index is 3.41. The number of rotatable bonds is 7. The van der Waals surface area contributed by atoms with Gasteiger partial charge in [-0.05, 0) is 13.8 Å². The minimum Gasteiger partial charge on any atom is -0.351 e. The van der Waals surface area contributed by atoms with Gasteiger partial charge in [0.05, 0.1) is 6.54 Å². The number of carbonyl (C=O) groups excluding carboxylic acids is 1. The quantitative estimate of drug-likeness (QED) is 0.422. The maximum Gasteiger partial charge on any atom is 0.309 e. The first-order valence-electron chi connectivity index (χ1n) is 3.68. The Labute approximate surface area is 66.9 Å². The van der Waals surface area contributed by atoms with Gasteiger partial charge in [0.2, 0.25) is 0 Å². The monoisotopic (exact) mass is 160 g/mol. The molecule has 0 aromatic carbocycles. The van der Waals surface area contributed by atoms with Crippen LogP contribution in [0.5, 0.6) is 0 Å². The summed E-state index contributed by atoms with van der Waals surface area (Å²) in [7, 11) is 0. The Morgan fingerprint density at radius 1 is 1.36 bits per heavy atom. The summed E-state index contributed by atoms with van der Waals surface area (Å²) in [6.45, 7) is 5.24. The first-order valence-corrected chi connectivity index (χ1v) is 3.68. The minimum absolute atomic E-state index is 0.341. The van der Waals surface area contributed by atoms with Gasteiger partial charge >= 0.3 is 6.41 Å². The molecule has 0 aliphatic rings. The fraction of sp³-hybridized carbons (Fsp3) is 0.857. The molecule has 0 rings (SSSR count). The average molecular weight is 160 g/mol. The Bertz CT molecular complexity index is 91.7. The van der Waals surface area contributed by atoms with E-state index in [-0.39, 0.29) is 6.29 Å². The summed E-state index contributed by atoms with van der Waals surface area (Å²) in [6.07, 6.45) is 1.21. The van der Waals surface area contributed by atoms with Crippen molar-refractivity contribution < 1.29 is 14.3 Å². The van der Waals surface area contributed by atoms with Gasteiger partial charge in [-0.2, -0.15) is 0 Å². The van der Waals surface area contributed by atoms with Crippen LogP contribution in [0.1, 0.15) is 13.8 Å².